The molecule has 0 heterocycles. The molecule has 0 spiro atoms. The van der Waals surface area contributed by atoms with Crippen LogP contribution in [0.4, 0.5) is 0 Å². The van der Waals surface area contributed by atoms with Crippen molar-refractivity contribution in [3.63, 3.8) is 0 Å². The van der Waals surface area contributed by atoms with Gasteiger partial charge >= 0.3 is 5.97 Å². The van der Waals surface area contributed by atoms with Gasteiger partial charge in [0, 0.05) is 13.0 Å². The molecule has 0 aromatic heterocycles. The maximum atomic E-state index is 12.9. The summed E-state index contributed by atoms with van der Waals surface area (Å²) < 4.78 is 6.13. The van der Waals surface area contributed by atoms with Crippen LogP contribution >= 0.6 is 0 Å². The lowest BCUT2D eigenvalue weighted by atomic mass is 9.65. The Balaban J connectivity index is 2.10. The molecule has 0 aromatic carbocycles. The van der Waals surface area contributed by atoms with Crippen molar-refractivity contribution in [1.29, 1.82) is 0 Å². The number of hydrogen-bond acceptors (Lipinski definition) is 5. The minimum atomic E-state index is -0.857. The fourth-order valence-corrected chi connectivity index (χ4v) is 4.88. The smallest absolute Gasteiger partial charge is 0.311 e. The Kier molecular flexibility index (Phi) is 9.53. The van der Waals surface area contributed by atoms with Crippen molar-refractivity contribution in [3.8, 4) is 0 Å². The van der Waals surface area contributed by atoms with Gasteiger partial charge in [0.25, 0.3) is 0 Å². The molecule has 32 heavy (non-hydrogen) atoms. The number of aliphatic hydroxyl groups is 2. The van der Waals surface area contributed by atoms with Gasteiger partial charge in [0.1, 0.15) is 6.10 Å². The second-order valence-electron chi connectivity index (χ2n) is 10.5. The summed E-state index contributed by atoms with van der Waals surface area (Å²) in [5.74, 6) is 0.623. The fraction of sp³-hybridized carbons (Fsp3) is 0.769. The lowest BCUT2D eigenvalue weighted by Crippen LogP contribution is -2.43. The predicted molar refractivity (Wildman–Crippen MR) is 126 cm³/mol. The minimum absolute atomic E-state index is 0.00519. The van der Waals surface area contributed by atoms with Crippen LogP contribution in [0.3, 0.4) is 0 Å². The van der Waals surface area contributed by atoms with E-state index in [1.807, 2.05) is 20.8 Å². The average molecular weight is 450 g/mol. The van der Waals surface area contributed by atoms with E-state index in [-0.39, 0.29) is 42.7 Å². The molecule has 0 bridgehead atoms. The number of fused-ring (bicyclic) bond motifs is 1. The van der Waals surface area contributed by atoms with Crippen molar-refractivity contribution in [2.75, 3.05) is 7.05 Å². The Morgan fingerprint density at radius 1 is 1.25 bits per heavy atom. The number of aliphatic hydroxyl groups excluding tert-OH is 2. The molecule has 7 atom stereocenters. The van der Waals surface area contributed by atoms with Crippen LogP contribution in [0.1, 0.15) is 73.1 Å². The highest BCUT2D eigenvalue weighted by molar-refractivity contribution is 5.76. The molecule has 3 N–H and O–H groups in total. The molecule has 0 saturated heterocycles. The van der Waals surface area contributed by atoms with Crippen molar-refractivity contribution >= 4 is 11.9 Å². The van der Waals surface area contributed by atoms with E-state index in [9.17, 15) is 19.8 Å². The average Bonchev–Trinajstić information content (AvgIpc) is 2.72. The Hall–Kier alpha value is -1.66. The van der Waals surface area contributed by atoms with Crippen LogP contribution < -0.4 is 5.32 Å². The molecular weight excluding hydrogens is 406 g/mol. The van der Waals surface area contributed by atoms with Gasteiger partial charge in [-0.25, -0.2) is 0 Å². The molecule has 1 amide bonds. The molecule has 2 aliphatic rings. The van der Waals surface area contributed by atoms with E-state index >= 15 is 0 Å². The summed E-state index contributed by atoms with van der Waals surface area (Å²) in [5, 5.41) is 23.1. The predicted octanol–water partition coefficient (Wildman–Crippen LogP) is 3.77. The second-order valence-corrected chi connectivity index (χ2v) is 10.5. The summed E-state index contributed by atoms with van der Waals surface area (Å²) in [4.78, 5) is 24.3. The lowest BCUT2D eigenvalue weighted by Gasteiger charge is -2.44. The molecular formula is C26H43NO5. The number of rotatable bonds is 10. The zero-order chi connectivity index (χ0) is 24.1. The first-order chi connectivity index (χ1) is 15.0. The van der Waals surface area contributed by atoms with Crippen molar-refractivity contribution in [3.05, 3.63) is 23.8 Å². The van der Waals surface area contributed by atoms with Gasteiger partial charge in [-0.05, 0) is 69.3 Å². The third-order valence-electron chi connectivity index (χ3n) is 7.37. The van der Waals surface area contributed by atoms with Crippen molar-refractivity contribution in [2.45, 2.75) is 91.5 Å². The molecule has 0 fully saturated rings. The molecule has 0 radical (unpaired) electrons. The lowest BCUT2D eigenvalue weighted by molar-refractivity contribution is -0.164. The molecule has 2 rings (SSSR count). The van der Waals surface area contributed by atoms with E-state index in [1.54, 1.807) is 0 Å². The largest absolute Gasteiger partial charge is 0.461 e. The van der Waals surface area contributed by atoms with Crippen LogP contribution in [0.25, 0.3) is 0 Å². The highest BCUT2D eigenvalue weighted by Gasteiger charge is 2.42. The topological polar surface area (TPSA) is 95.9 Å². The quantitative estimate of drug-likeness (QED) is 0.441. The van der Waals surface area contributed by atoms with E-state index in [0.29, 0.717) is 18.3 Å². The van der Waals surface area contributed by atoms with Crippen LogP contribution in [0.5, 0.6) is 0 Å². The number of nitrogens with one attached hydrogen (secondary N) is 1. The summed E-state index contributed by atoms with van der Waals surface area (Å²) in [6.45, 7) is 10.2. The molecule has 182 valence electrons. The van der Waals surface area contributed by atoms with Crippen molar-refractivity contribution in [1.82, 2.24) is 5.32 Å². The van der Waals surface area contributed by atoms with Gasteiger partial charge in [0.05, 0.1) is 24.0 Å². The Labute approximate surface area is 193 Å². The summed E-state index contributed by atoms with van der Waals surface area (Å²) in [5.41, 5.74) is 0.723. The molecule has 6 nitrogen and oxygen atoms in total. The summed E-state index contributed by atoms with van der Waals surface area (Å²) in [7, 11) is 1.53. The Morgan fingerprint density at radius 3 is 2.56 bits per heavy atom. The molecule has 6 heteroatoms. The number of esters is 1. The fourth-order valence-electron chi connectivity index (χ4n) is 4.88. The SMILES string of the molecule is CCC(C)(C)C(=O)O[C@H]1C[C@@H](C)C=C2C=C[C@H](C)[C@H](CCC(O)CC(O)CC(=O)NC)[C@H]21. The van der Waals surface area contributed by atoms with Gasteiger partial charge in [-0.3, -0.25) is 9.59 Å². The maximum Gasteiger partial charge on any atom is 0.311 e. The normalized spacial score (nSPS) is 29.5. The van der Waals surface area contributed by atoms with Gasteiger partial charge in [-0.1, -0.05) is 39.0 Å². The first kappa shape index (κ1) is 26.6. The zero-order valence-electron chi connectivity index (χ0n) is 20.6. The highest BCUT2D eigenvalue weighted by Crippen LogP contribution is 2.45. The first-order valence-electron chi connectivity index (χ1n) is 12.2. The molecule has 0 aromatic rings. The van der Waals surface area contributed by atoms with Crippen LogP contribution in [0.15, 0.2) is 23.8 Å². The monoisotopic (exact) mass is 449 g/mol. The maximum absolute atomic E-state index is 12.9. The van der Waals surface area contributed by atoms with Gasteiger partial charge in [0.15, 0.2) is 0 Å². The molecule has 0 aliphatic heterocycles. The first-order valence-corrected chi connectivity index (χ1v) is 12.2. The van der Waals surface area contributed by atoms with Crippen molar-refractivity contribution < 1.29 is 24.5 Å². The van der Waals surface area contributed by atoms with E-state index in [4.69, 9.17) is 4.74 Å². The van der Waals surface area contributed by atoms with Crippen molar-refractivity contribution in [2.24, 2.45) is 29.1 Å². The number of amides is 1. The number of allylic oxidation sites excluding steroid dienone is 3. The number of hydrogen-bond donors (Lipinski definition) is 3. The molecule has 0 saturated carbocycles. The summed E-state index contributed by atoms with van der Waals surface area (Å²) in [6.07, 6.45) is 7.99. The zero-order valence-corrected chi connectivity index (χ0v) is 20.6. The Bertz CT molecular complexity index is 713. The third-order valence-corrected chi connectivity index (χ3v) is 7.37. The van der Waals surface area contributed by atoms with E-state index in [2.05, 4.69) is 37.4 Å². The number of carbonyl (C=O) groups excluding carboxylic acids is 2. The van der Waals surface area contributed by atoms with Gasteiger partial charge in [-0.2, -0.15) is 0 Å². The van der Waals surface area contributed by atoms with Gasteiger partial charge in [0.2, 0.25) is 5.91 Å². The summed E-state index contributed by atoms with van der Waals surface area (Å²) in [6, 6.07) is 0. The molecule has 2 unspecified atom stereocenters. The molecule has 2 aliphatic carbocycles. The van der Waals surface area contributed by atoms with E-state index in [1.165, 1.54) is 12.6 Å². The van der Waals surface area contributed by atoms with E-state index < -0.39 is 17.6 Å². The van der Waals surface area contributed by atoms with Crippen LogP contribution in [-0.4, -0.2) is 47.4 Å². The number of carbonyl (C=O) groups is 2. The second kappa shape index (κ2) is 11.5. The summed E-state index contributed by atoms with van der Waals surface area (Å²) >= 11 is 0. The number of ether oxygens (including phenoxy) is 1. The minimum Gasteiger partial charge on any atom is -0.461 e. The third kappa shape index (κ3) is 6.92. The van der Waals surface area contributed by atoms with Gasteiger partial charge < -0.3 is 20.3 Å². The highest BCUT2D eigenvalue weighted by atomic mass is 16.5. The van der Waals surface area contributed by atoms with Gasteiger partial charge in [-0.15, -0.1) is 0 Å². The van der Waals surface area contributed by atoms with Crippen LogP contribution in [0.2, 0.25) is 0 Å². The van der Waals surface area contributed by atoms with Crippen LogP contribution in [-0.2, 0) is 14.3 Å². The Morgan fingerprint density at radius 2 is 1.94 bits per heavy atom. The van der Waals surface area contributed by atoms with E-state index in [0.717, 1.165) is 19.3 Å². The standard InChI is InChI=1S/C26H43NO5/c1-7-26(4,5)25(31)32-22-13-16(2)12-18-9-8-17(3)21(24(18)22)11-10-19(28)14-20(29)15-23(30)27-6/h8-9,12,16-17,19-22,24,28-29H,7,10-11,13-15H2,1-6H3,(H,27,30)/t16-,17-,19?,20?,21-,22-,24-/m0/s1. The van der Waals surface area contributed by atoms with Crippen LogP contribution in [0, 0.1) is 29.1 Å².